The molecule has 0 aromatic heterocycles. The number of rotatable bonds is 8. The van der Waals surface area contributed by atoms with Crippen LogP contribution < -0.4 is 15.6 Å². The van der Waals surface area contributed by atoms with E-state index in [2.05, 4.69) is 23.9 Å². The Morgan fingerprint density at radius 3 is 2.56 bits per heavy atom. The maximum absolute atomic E-state index is 12.1. The molecule has 25 heavy (non-hydrogen) atoms. The molecule has 0 bridgehead atoms. The number of allylic oxidation sites excluding steroid dienone is 2. The summed E-state index contributed by atoms with van der Waals surface area (Å²) in [7, 11) is 0. The van der Waals surface area contributed by atoms with Gasteiger partial charge in [-0.3, -0.25) is 20.4 Å². The van der Waals surface area contributed by atoms with E-state index in [4.69, 9.17) is 4.74 Å². The summed E-state index contributed by atoms with van der Waals surface area (Å²) in [5.74, 6) is 0.235. The van der Waals surface area contributed by atoms with Gasteiger partial charge in [0.2, 0.25) is 5.91 Å². The zero-order valence-corrected chi connectivity index (χ0v) is 14.9. The van der Waals surface area contributed by atoms with E-state index in [0.717, 1.165) is 31.4 Å². The van der Waals surface area contributed by atoms with Gasteiger partial charge in [0.05, 0.1) is 6.61 Å². The predicted molar refractivity (Wildman–Crippen MR) is 98.2 cm³/mol. The fourth-order valence-electron chi connectivity index (χ4n) is 2.75. The van der Waals surface area contributed by atoms with Gasteiger partial charge in [0.1, 0.15) is 5.75 Å². The third-order valence-corrected chi connectivity index (χ3v) is 4.32. The Morgan fingerprint density at radius 2 is 1.88 bits per heavy atom. The lowest BCUT2D eigenvalue weighted by atomic mass is 9.94. The third-order valence-electron chi connectivity index (χ3n) is 4.32. The molecule has 1 aromatic carbocycles. The SMILES string of the molecule is CCCCCCOc1ccc(C(=O)NNC(=O)C2CC=CCC2)cc1. The molecule has 1 unspecified atom stereocenters. The lowest BCUT2D eigenvalue weighted by Crippen LogP contribution is -2.44. The molecule has 0 radical (unpaired) electrons. The minimum Gasteiger partial charge on any atom is -0.494 e. The van der Waals surface area contributed by atoms with Gasteiger partial charge >= 0.3 is 0 Å². The molecule has 0 fully saturated rings. The summed E-state index contributed by atoms with van der Waals surface area (Å²) in [6.07, 6.45) is 11.2. The summed E-state index contributed by atoms with van der Waals surface area (Å²) in [6, 6.07) is 6.96. The normalized spacial score (nSPS) is 16.3. The van der Waals surface area contributed by atoms with Gasteiger partial charge in [0, 0.05) is 11.5 Å². The van der Waals surface area contributed by atoms with Crippen LogP contribution in [0.2, 0.25) is 0 Å². The average Bonchev–Trinajstić information content (AvgIpc) is 2.67. The zero-order chi connectivity index (χ0) is 17.9. The number of amides is 2. The van der Waals surface area contributed by atoms with Crippen LogP contribution in [0.25, 0.3) is 0 Å². The first-order valence-corrected chi connectivity index (χ1v) is 9.18. The molecule has 5 heteroatoms. The first-order chi connectivity index (χ1) is 12.2. The number of ether oxygens (including phenoxy) is 1. The van der Waals surface area contributed by atoms with E-state index in [-0.39, 0.29) is 17.7 Å². The van der Waals surface area contributed by atoms with Crippen molar-refractivity contribution in [1.29, 1.82) is 0 Å². The third kappa shape index (κ3) is 6.61. The van der Waals surface area contributed by atoms with Gasteiger partial charge in [-0.1, -0.05) is 38.3 Å². The highest BCUT2D eigenvalue weighted by Crippen LogP contribution is 2.17. The van der Waals surface area contributed by atoms with Crippen LogP contribution in [0.15, 0.2) is 36.4 Å². The monoisotopic (exact) mass is 344 g/mol. The van der Waals surface area contributed by atoms with E-state index in [0.29, 0.717) is 12.2 Å². The first kappa shape index (κ1) is 19.0. The Balaban J connectivity index is 1.72. The number of unbranched alkanes of at least 4 members (excludes halogenated alkanes) is 3. The second kappa shape index (κ2) is 10.5. The van der Waals surface area contributed by atoms with E-state index < -0.39 is 0 Å². The van der Waals surface area contributed by atoms with E-state index >= 15 is 0 Å². The Hall–Kier alpha value is -2.30. The fourth-order valence-corrected chi connectivity index (χ4v) is 2.75. The summed E-state index contributed by atoms with van der Waals surface area (Å²) in [6.45, 7) is 2.87. The minimum atomic E-state index is -0.325. The first-order valence-electron chi connectivity index (χ1n) is 9.18. The molecule has 1 atom stereocenters. The summed E-state index contributed by atoms with van der Waals surface area (Å²) >= 11 is 0. The quantitative estimate of drug-likeness (QED) is 0.429. The maximum Gasteiger partial charge on any atom is 0.269 e. The Bertz CT molecular complexity index is 581. The molecule has 2 amide bonds. The van der Waals surface area contributed by atoms with Gasteiger partial charge < -0.3 is 4.74 Å². The van der Waals surface area contributed by atoms with E-state index in [1.54, 1.807) is 24.3 Å². The molecule has 0 saturated carbocycles. The lowest BCUT2D eigenvalue weighted by molar-refractivity contribution is -0.126. The highest BCUT2D eigenvalue weighted by Gasteiger charge is 2.19. The van der Waals surface area contributed by atoms with Crippen LogP contribution in [-0.2, 0) is 4.79 Å². The largest absolute Gasteiger partial charge is 0.494 e. The summed E-state index contributed by atoms with van der Waals surface area (Å²) in [4.78, 5) is 24.1. The van der Waals surface area contributed by atoms with Crippen LogP contribution in [-0.4, -0.2) is 18.4 Å². The molecule has 2 rings (SSSR count). The van der Waals surface area contributed by atoms with Crippen LogP contribution >= 0.6 is 0 Å². The summed E-state index contributed by atoms with van der Waals surface area (Å²) < 4.78 is 5.66. The van der Waals surface area contributed by atoms with Gasteiger partial charge in [-0.15, -0.1) is 0 Å². The molecular formula is C20H28N2O3. The molecule has 0 aliphatic heterocycles. The van der Waals surface area contributed by atoms with E-state index in [1.165, 1.54) is 19.3 Å². The fraction of sp³-hybridized carbons (Fsp3) is 0.500. The van der Waals surface area contributed by atoms with Crippen molar-refractivity contribution in [2.75, 3.05) is 6.61 Å². The number of hydrazine groups is 1. The maximum atomic E-state index is 12.1. The zero-order valence-electron chi connectivity index (χ0n) is 14.9. The molecular weight excluding hydrogens is 316 g/mol. The molecule has 5 nitrogen and oxygen atoms in total. The standard InChI is InChI=1S/C20H28N2O3/c1-2-3-4-8-15-25-18-13-11-17(12-14-18)20(24)22-21-19(23)16-9-6-5-7-10-16/h5-6,11-14,16H,2-4,7-10,15H2,1H3,(H,21,23)(H,22,24). The summed E-state index contributed by atoms with van der Waals surface area (Å²) in [5.41, 5.74) is 5.48. The van der Waals surface area contributed by atoms with Crippen molar-refractivity contribution >= 4 is 11.8 Å². The van der Waals surface area contributed by atoms with E-state index in [1.807, 2.05) is 6.08 Å². The number of carbonyl (C=O) groups excluding carboxylic acids is 2. The molecule has 0 heterocycles. The van der Waals surface area contributed by atoms with Crippen molar-refractivity contribution in [3.8, 4) is 5.75 Å². The lowest BCUT2D eigenvalue weighted by Gasteiger charge is -2.17. The van der Waals surface area contributed by atoms with Crippen molar-refractivity contribution in [1.82, 2.24) is 10.9 Å². The highest BCUT2D eigenvalue weighted by molar-refractivity contribution is 5.95. The van der Waals surface area contributed by atoms with Gasteiger partial charge in [0.25, 0.3) is 5.91 Å². The molecule has 136 valence electrons. The van der Waals surface area contributed by atoms with Crippen LogP contribution in [0.3, 0.4) is 0 Å². The second-order valence-electron chi connectivity index (χ2n) is 6.36. The van der Waals surface area contributed by atoms with Crippen molar-refractivity contribution < 1.29 is 14.3 Å². The van der Waals surface area contributed by atoms with Crippen molar-refractivity contribution in [3.63, 3.8) is 0 Å². The van der Waals surface area contributed by atoms with Crippen LogP contribution in [0.4, 0.5) is 0 Å². The minimum absolute atomic E-state index is 0.0613. The number of benzene rings is 1. The van der Waals surface area contributed by atoms with Gasteiger partial charge in [-0.25, -0.2) is 0 Å². The molecule has 1 aromatic rings. The van der Waals surface area contributed by atoms with Crippen LogP contribution in [0.5, 0.6) is 5.75 Å². The Labute approximate surface area is 149 Å². The van der Waals surface area contributed by atoms with Gasteiger partial charge in [0.15, 0.2) is 0 Å². The molecule has 1 aliphatic rings. The van der Waals surface area contributed by atoms with Crippen molar-refractivity contribution in [2.45, 2.75) is 51.9 Å². The topological polar surface area (TPSA) is 67.4 Å². The number of hydrogen-bond acceptors (Lipinski definition) is 3. The number of nitrogens with one attached hydrogen (secondary N) is 2. The molecule has 1 aliphatic carbocycles. The second-order valence-corrected chi connectivity index (χ2v) is 6.36. The van der Waals surface area contributed by atoms with E-state index in [9.17, 15) is 9.59 Å². The summed E-state index contributed by atoms with van der Waals surface area (Å²) in [5, 5.41) is 0. The Morgan fingerprint density at radius 1 is 1.08 bits per heavy atom. The molecule has 0 saturated heterocycles. The predicted octanol–water partition coefficient (Wildman–Crippen LogP) is 3.76. The van der Waals surface area contributed by atoms with Crippen molar-refractivity contribution in [3.05, 3.63) is 42.0 Å². The number of hydrogen-bond donors (Lipinski definition) is 2. The number of carbonyl (C=O) groups is 2. The van der Waals surface area contributed by atoms with Crippen LogP contribution in [0.1, 0.15) is 62.2 Å². The molecule has 0 spiro atoms. The van der Waals surface area contributed by atoms with Crippen molar-refractivity contribution in [2.24, 2.45) is 5.92 Å². The average molecular weight is 344 g/mol. The Kier molecular flexibility index (Phi) is 8.02. The van der Waals surface area contributed by atoms with Gasteiger partial charge in [-0.2, -0.15) is 0 Å². The van der Waals surface area contributed by atoms with Crippen LogP contribution in [0, 0.1) is 5.92 Å². The van der Waals surface area contributed by atoms with Gasteiger partial charge in [-0.05, 0) is 49.9 Å². The highest BCUT2D eigenvalue weighted by atomic mass is 16.5. The molecule has 2 N–H and O–H groups in total. The smallest absolute Gasteiger partial charge is 0.269 e.